The van der Waals surface area contributed by atoms with Gasteiger partial charge in [0.15, 0.2) is 11.5 Å². The SMILES string of the molecule is COc1ccc(CNCc2cnn(C)c2)cc1OC[C@@H](O)CN(C)Cc1ccccc1. The number of likely N-dealkylation sites (N-methyl/N-ethyl adjacent to an activating group) is 1. The predicted octanol–water partition coefficient (Wildman–Crippen LogP) is 2.59. The number of hydrogen-bond donors (Lipinski definition) is 2. The Morgan fingerprint density at radius 3 is 2.55 bits per heavy atom. The third-order valence-corrected chi connectivity index (χ3v) is 4.89. The lowest BCUT2D eigenvalue weighted by Crippen LogP contribution is -2.32. The second-order valence-corrected chi connectivity index (χ2v) is 7.76. The summed E-state index contributed by atoms with van der Waals surface area (Å²) in [5.41, 5.74) is 3.43. The van der Waals surface area contributed by atoms with Crippen molar-refractivity contribution in [1.82, 2.24) is 20.0 Å². The van der Waals surface area contributed by atoms with Crippen LogP contribution >= 0.6 is 0 Å². The third kappa shape index (κ3) is 7.40. The molecule has 0 fully saturated rings. The summed E-state index contributed by atoms with van der Waals surface area (Å²) in [6.07, 6.45) is 3.24. The maximum absolute atomic E-state index is 10.4. The molecule has 0 saturated carbocycles. The first-order valence-corrected chi connectivity index (χ1v) is 10.4. The van der Waals surface area contributed by atoms with Gasteiger partial charge < -0.3 is 19.9 Å². The summed E-state index contributed by atoms with van der Waals surface area (Å²) in [5.74, 6) is 1.29. The van der Waals surface area contributed by atoms with Crippen LogP contribution in [0.1, 0.15) is 16.7 Å². The van der Waals surface area contributed by atoms with E-state index in [1.54, 1.807) is 11.8 Å². The van der Waals surface area contributed by atoms with Gasteiger partial charge in [-0.25, -0.2) is 0 Å². The zero-order valence-electron chi connectivity index (χ0n) is 18.5. The van der Waals surface area contributed by atoms with E-state index in [2.05, 4.69) is 27.4 Å². The molecule has 3 aromatic rings. The van der Waals surface area contributed by atoms with Crippen LogP contribution in [0.15, 0.2) is 60.9 Å². The molecule has 1 atom stereocenters. The molecule has 0 aliphatic carbocycles. The molecular formula is C24H32N4O3. The second-order valence-electron chi connectivity index (χ2n) is 7.76. The zero-order chi connectivity index (χ0) is 22.1. The van der Waals surface area contributed by atoms with Crippen LogP contribution in [-0.4, -0.2) is 53.2 Å². The molecule has 166 valence electrons. The summed E-state index contributed by atoms with van der Waals surface area (Å²) < 4.78 is 13.1. The van der Waals surface area contributed by atoms with Crippen molar-refractivity contribution in [3.63, 3.8) is 0 Å². The first-order chi connectivity index (χ1) is 15.0. The van der Waals surface area contributed by atoms with Gasteiger partial charge in [-0.2, -0.15) is 5.10 Å². The quantitative estimate of drug-likeness (QED) is 0.466. The molecule has 7 heteroatoms. The number of hydrogen-bond acceptors (Lipinski definition) is 6. The van der Waals surface area contributed by atoms with Crippen LogP contribution in [0.4, 0.5) is 0 Å². The highest BCUT2D eigenvalue weighted by molar-refractivity contribution is 5.43. The van der Waals surface area contributed by atoms with E-state index in [1.165, 1.54) is 5.56 Å². The third-order valence-electron chi connectivity index (χ3n) is 4.89. The Balaban J connectivity index is 1.49. The number of aromatic nitrogens is 2. The summed E-state index contributed by atoms with van der Waals surface area (Å²) >= 11 is 0. The summed E-state index contributed by atoms with van der Waals surface area (Å²) in [4.78, 5) is 2.08. The molecular weight excluding hydrogens is 392 g/mol. The first kappa shape index (κ1) is 22.8. The Kier molecular flexibility index (Phi) is 8.46. The number of benzene rings is 2. The fraction of sp³-hybridized carbons (Fsp3) is 0.375. The first-order valence-electron chi connectivity index (χ1n) is 10.4. The number of methoxy groups -OCH3 is 1. The van der Waals surface area contributed by atoms with Crippen molar-refractivity contribution in [3.05, 3.63) is 77.6 Å². The highest BCUT2D eigenvalue weighted by Crippen LogP contribution is 2.28. The van der Waals surface area contributed by atoms with E-state index in [-0.39, 0.29) is 6.61 Å². The Hall–Kier alpha value is -2.87. The normalized spacial score (nSPS) is 12.2. The molecule has 0 radical (unpaired) electrons. The van der Waals surface area contributed by atoms with E-state index in [4.69, 9.17) is 9.47 Å². The predicted molar refractivity (Wildman–Crippen MR) is 121 cm³/mol. The highest BCUT2D eigenvalue weighted by Gasteiger charge is 2.12. The Bertz CT molecular complexity index is 930. The average molecular weight is 425 g/mol. The molecule has 31 heavy (non-hydrogen) atoms. The Morgan fingerprint density at radius 1 is 1.06 bits per heavy atom. The summed E-state index contributed by atoms with van der Waals surface area (Å²) in [6.45, 7) is 2.92. The van der Waals surface area contributed by atoms with Crippen LogP contribution in [0.2, 0.25) is 0 Å². The molecule has 0 aliphatic heterocycles. The van der Waals surface area contributed by atoms with Crippen LogP contribution in [0.3, 0.4) is 0 Å². The lowest BCUT2D eigenvalue weighted by Gasteiger charge is -2.21. The van der Waals surface area contributed by atoms with Crippen molar-refractivity contribution in [2.75, 3.05) is 27.3 Å². The van der Waals surface area contributed by atoms with E-state index >= 15 is 0 Å². The van der Waals surface area contributed by atoms with Gasteiger partial charge in [-0.05, 0) is 30.3 Å². The van der Waals surface area contributed by atoms with E-state index in [9.17, 15) is 5.11 Å². The molecule has 0 bridgehead atoms. The topological polar surface area (TPSA) is 71.8 Å². The molecule has 3 rings (SSSR count). The molecule has 0 amide bonds. The van der Waals surface area contributed by atoms with Gasteiger partial charge in [0.1, 0.15) is 12.7 Å². The van der Waals surface area contributed by atoms with Crippen molar-refractivity contribution in [3.8, 4) is 11.5 Å². The molecule has 0 unspecified atom stereocenters. The van der Waals surface area contributed by atoms with Crippen molar-refractivity contribution in [2.24, 2.45) is 7.05 Å². The Labute approximate surface area is 184 Å². The van der Waals surface area contributed by atoms with Crippen molar-refractivity contribution in [2.45, 2.75) is 25.7 Å². The zero-order valence-corrected chi connectivity index (χ0v) is 18.5. The summed E-state index contributed by atoms with van der Waals surface area (Å²) in [7, 11) is 5.52. The fourth-order valence-electron chi connectivity index (χ4n) is 3.42. The Morgan fingerprint density at radius 2 is 1.84 bits per heavy atom. The number of aliphatic hydroxyl groups excluding tert-OH is 1. The van der Waals surface area contributed by atoms with Crippen LogP contribution in [0, 0.1) is 0 Å². The smallest absolute Gasteiger partial charge is 0.161 e. The standard InChI is InChI=1S/C24H32N4O3/c1-27(15-19-7-5-4-6-8-19)17-22(29)18-31-24-11-20(9-10-23(24)30-3)12-25-13-21-14-26-28(2)16-21/h4-11,14,16,22,25,29H,12-13,15,17-18H2,1-3H3/t22-/m0/s1. The van der Waals surface area contributed by atoms with Gasteiger partial charge in [-0.15, -0.1) is 0 Å². The van der Waals surface area contributed by atoms with Gasteiger partial charge in [0.05, 0.1) is 13.3 Å². The van der Waals surface area contributed by atoms with Gasteiger partial charge >= 0.3 is 0 Å². The fourth-order valence-corrected chi connectivity index (χ4v) is 3.42. The number of nitrogens with zero attached hydrogens (tertiary/aromatic N) is 3. The number of aryl methyl sites for hydroxylation is 1. The molecule has 1 heterocycles. The van der Waals surface area contributed by atoms with Gasteiger partial charge in [-0.1, -0.05) is 36.4 Å². The number of ether oxygens (including phenoxy) is 2. The summed E-state index contributed by atoms with van der Waals surface area (Å²) in [5, 5.41) is 18.0. The van der Waals surface area contributed by atoms with Gasteiger partial charge in [0.2, 0.25) is 0 Å². The molecule has 0 aliphatic rings. The van der Waals surface area contributed by atoms with Gasteiger partial charge in [-0.3, -0.25) is 9.58 Å². The van der Waals surface area contributed by atoms with Crippen molar-refractivity contribution >= 4 is 0 Å². The number of rotatable bonds is 12. The molecule has 2 aromatic carbocycles. The van der Waals surface area contributed by atoms with Crippen LogP contribution in [-0.2, 0) is 26.7 Å². The minimum Gasteiger partial charge on any atom is -0.493 e. The van der Waals surface area contributed by atoms with E-state index < -0.39 is 6.10 Å². The largest absolute Gasteiger partial charge is 0.493 e. The molecule has 2 N–H and O–H groups in total. The second kappa shape index (κ2) is 11.5. The lowest BCUT2D eigenvalue weighted by atomic mass is 10.2. The molecule has 7 nitrogen and oxygen atoms in total. The molecule has 0 spiro atoms. The van der Waals surface area contributed by atoms with Gasteiger partial charge in [0, 0.05) is 45.0 Å². The van der Waals surface area contributed by atoms with E-state index in [0.717, 1.165) is 24.2 Å². The van der Waals surface area contributed by atoms with E-state index in [0.29, 0.717) is 24.6 Å². The van der Waals surface area contributed by atoms with Gasteiger partial charge in [0.25, 0.3) is 0 Å². The monoisotopic (exact) mass is 424 g/mol. The molecule has 0 saturated heterocycles. The minimum atomic E-state index is -0.606. The van der Waals surface area contributed by atoms with Crippen molar-refractivity contribution < 1.29 is 14.6 Å². The van der Waals surface area contributed by atoms with E-state index in [1.807, 2.05) is 62.9 Å². The number of aliphatic hydroxyl groups is 1. The maximum atomic E-state index is 10.4. The maximum Gasteiger partial charge on any atom is 0.161 e. The minimum absolute atomic E-state index is 0.196. The number of nitrogens with one attached hydrogen (secondary N) is 1. The average Bonchev–Trinajstić information content (AvgIpc) is 3.18. The molecule has 1 aromatic heterocycles. The highest BCUT2D eigenvalue weighted by atomic mass is 16.5. The van der Waals surface area contributed by atoms with Crippen LogP contribution < -0.4 is 14.8 Å². The lowest BCUT2D eigenvalue weighted by molar-refractivity contribution is 0.0732. The summed E-state index contributed by atoms with van der Waals surface area (Å²) in [6, 6.07) is 16.1. The van der Waals surface area contributed by atoms with Crippen LogP contribution in [0.5, 0.6) is 11.5 Å². The van der Waals surface area contributed by atoms with Crippen LogP contribution in [0.25, 0.3) is 0 Å². The van der Waals surface area contributed by atoms with Crippen molar-refractivity contribution in [1.29, 1.82) is 0 Å².